The molecule has 0 fully saturated rings. The average molecular weight is 278 g/mol. The van der Waals surface area contributed by atoms with Gasteiger partial charge in [0.05, 0.1) is 0 Å². The van der Waals surface area contributed by atoms with Gasteiger partial charge in [0.15, 0.2) is 6.10 Å². The monoisotopic (exact) mass is 278 g/mol. The first kappa shape index (κ1) is 16.2. The van der Waals surface area contributed by atoms with E-state index in [-0.39, 0.29) is 12.0 Å². The van der Waals surface area contributed by atoms with Crippen molar-refractivity contribution >= 4 is 11.9 Å². The second-order valence-electron chi connectivity index (χ2n) is 5.77. The first-order valence-corrected chi connectivity index (χ1v) is 6.61. The maximum absolute atomic E-state index is 11.1. The maximum atomic E-state index is 11.1. The van der Waals surface area contributed by atoms with Gasteiger partial charge in [-0.3, -0.25) is 9.59 Å². The van der Waals surface area contributed by atoms with Crippen LogP contribution in [-0.2, 0) is 24.5 Å². The number of hydrogen-bond donors (Lipinski definition) is 0. The van der Waals surface area contributed by atoms with Gasteiger partial charge >= 0.3 is 11.9 Å². The molecule has 0 aromatic heterocycles. The average Bonchev–Trinajstić information content (AvgIpc) is 2.33. The lowest BCUT2D eigenvalue weighted by atomic mass is 9.86. The number of benzene rings is 1. The Hall–Kier alpha value is -1.84. The van der Waals surface area contributed by atoms with Gasteiger partial charge in [0.2, 0.25) is 0 Å². The predicted octanol–water partition coefficient (Wildman–Crippen LogP) is 3.15. The molecule has 4 nitrogen and oxygen atoms in total. The number of hydrogen-bond acceptors (Lipinski definition) is 4. The lowest BCUT2D eigenvalue weighted by Gasteiger charge is -2.21. The molecular weight excluding hydrogens is 256 g/mol. The summed E-state index contributed by atoms with van der Waals surface area (Å²) in [4.78, 5) is 22.0. The van der Waals surface area contributed by atoms with Crippen LogP contribution < -0.4 is 0 Å². The summed E-state index contributed by atoms with van der Waals surface area (Å²) in [7, 11) is 0. The van der Waals surface area contributed by atoms with Gasteiger partial charge < -0.3 is 9.47 Å². The van der Waals surface area contributed by atoms with Crippen LogP contribution in [0.25, 0.3) is 0 Å². The van der Waals surface area contributed by atoms with Crippen molar-refractivity contribution in [1.29, 1.82) is 0 Å². The fraction of sp³-hybridized carbons (Fsp3) is 0.500. The van der Waals surface area contributed by atoms with Gasteiger partial charge in [0.25, 0.3) is 0 Å². The Morgan fingerprint density at radius 2 is 1.60 bits per heavy atom. The second-order valence-corrected chi connectivity index (χ2v) is 5.77. The van der Waals surface area contributed by atoms with Crippen molar-refractivity contribution in [1.82, 2.24) is 0 Å². The van der Waals surface area contributed by atoms with Crippen LogP contribution in [0.1, 0.15) is 51.8 Å². The Morgan fingerprint density at radius 1 is 1.05 bits per heavy atom. The number of esters is 2. The van der Waals surface area contributed by atoms with Gasteiger partial charge in [-0.1, -0.05) is 45.0 Å². The van der Waals surface area contributed by atoms with Crippen LogP contribution >= 0.6 is 0 Å². The van der Waals surface area contributed by atoms with E-state index in [0.29, 0.717) is 0 Å². The van der Waals surface area contributed by atoms with Crippen molar-refractivity contribution in [2.45, 2.75) is 46.1 Å². The zero-order valence-electron chi connectivity index (χ0n) is 12.7. The molecule has 110 valence electrons. The molecule has 1 rings (SSSR count). The van der Waals surface area contributed by atoms with Crippen molar-refractivity contribution in [3.05, 3.63) is 35.4 Å². The Labute approximate surface area is 120 Å². The lowest BCUT2D eigenvalue weighted by molar-refractivity contribution is -0.156. The predicted molar refractivity (Wildman–Crippen MR) is 76.3 cm³/mol. The van der Waals surface area contributed by atoms with Crippen molar-refractivity contribution in [2.75, 3.05) is 6.61 Å². The molecular formula is C16H22O4. The van der Waals surface area contributed by atoms with E-state index in [2.05, 4.69) is 20.8 Å². The van der Waals surface area contributed by atoms with E-state index in [1.165, 1.54) is 19.4 Å². The molecule has 0 unspecified atom stereocenters. The van der Waals surface area contributed by atoms with E-state index < -0.39 is 18.0 Å². The van der Waals surface area contributed by atoms with Crippen LogP contribution in [0.4, 0.5) is 0 Å². The highest BCUT2D eigenvalue weighted by atomic mass is 16.6. The molecule has 0 N–H and O–H groups in total. The minimum Gasteiger partial charge on any atom is -0.462 e. The molecule has 1 atom stereocenters. The van der Waals surface area contributed by atoms with Gasteiger partial charge in [-0.05, 0) is 16.5 Å². The molecule has 4 heteroatoms. The van der Waals surface area contributed by atoms with Crippen molar-refractivity contribution in [2.24, 2.45) is 0 Å². The first-order valence-electron chi connectivity index (χ1n) is 6.61. The normalized spacial score (nSPS) is 12.7. The van der Waals surface area contributed by atoms with Gasteiger partial charge in [0, 0.05) is 13.8 Å². The van der Waals surface area contributed by atoms with E-state index in [0.717, 1.165) is 5.56 Å². The molecule has 0 saturated heterocycles. The van der Waals surface area contributed by atoms with Crippen molar-refractivity contribution < 1.29 is 19.1 Å². The van der Waals surface area contributed by atoms with E-state index in [9.17, 15) is 9.59 Å². The SMILES string of the molecule is CC(=O)OC[C@@H](OC(C)=O)c1ccc(C(C)(C)C)cc1. The molecule has 0 aliphatic heterocycles. The molecule has 1 aromatic rings. The van der Waals surface area contributed by atoms with E-state index in [4.69, 9.17) is 9.47 Å². The third-order valence-corrected chi connectivity index (χ3v) is 2.89. The third kappa shape index (κ3) is 5.03. The first-order chi connectivity index (χ1) is 9.20. The molecule has 0 aliphatic rings. The number of carbonyl (C=O) groups is 2. The topological polar surface area (TPSA) is 52.6 Å². The Balaban J connectivity index is 2.90. The molecule has 0 aliphatic carbocycles. The van der Waals surface area contributed by atoms with E-state index in [1.54, 1.807) is 0 Å². The second kappa shape index (κ2) is 6.55. The van der Waals surface area contributed by atoms with Gasteiger partial charge in [-0.25, -0.2) is 0 Å². The summed E-state index contributed by atoms with van der Waals surface area (Å²) in [5.41, 5.74) is 2.07. The van der Waals surface area contributed by atoms with Crippen LogP contribution in [0.3, 0.4) is 0 Å². The Kier molecular flexibility index (Phi) is 5.31. The van der Waals surface area contributed by atoms with Gasteiger partial charge in [-0.15, -0.1) is 0 Å². The lowest BCUT2D eigenvalue weighted by Crippen LogP contribution is -2.17. The smallest absolute Gasteiger partial charge is 0.303 e. The fourth-order valence-electron chi connectivity index (χ4n) is 1.79. The van der Waals surface area contributed by atoms with Gasteiger partial charge in [0.1, 0.15) is 6.61 Å². The fourth-order valence-corrected chi connectivity index (χ4v) is 1.79. The summed E-state index contributed by atoms with van der Waals surface area (Å²) in [5.74, 6) is -0.796. The highest BCUT2D eigenvalue weighted by Crippen LogP contribution is 2.25. The van der Waals surface area contributed by atoms with Crippen molar-refractivity contribution in [3.8, 4) is 0 Å². The summed E-state index contributed by atoms with van der Waals surface area (Å²) in [6, 6.07) is 7.80. The Bertz CT molecular complexity index is 468. The van der Waals surface area contributed by atoms with Crippen LogP contribution in [0, 0.1) is 0 Å². The summed E-state index contributed by atoms with van der Waals surface area (Å²) in [6.07, 6.45) is -0.564. The minimum absolute atomic E-state index is 0.0315. The van der Waals surface area contributed by atoms with Crippen LogP contribution in [0.5, 0.6) is 0 Å². The molecule has 1 aromatic carbocycles. The Morgan fingerprint density at radius 3 is 2.00 bits per heavy atom. The van der Waals surface area contributed by atoms with E-state index >= 15 is 0 Å². The summed E-state index contributed by atoms with van der Waals surface area (Å²) < 4.78 is 10.1. The zero-order chi connectivity index (χ0) is 15.3. The summed E-state index contributed by atoms with van der Waals surface area (Å²) in [5, 5.41) is 0. The molecule has 20 heavy (non-hydrogen) atoms. The standard InChI is InChI=1S/C16H22O4/c1-11(17)19-10-15(20-12(2)18)13-6-8-14(9-7-13)16(3,4)5/h6-9,15H,10H2,1-5H3/t15-/m1/s1. The van der Waals surface area contributed by atoms with Crippen LogP contribution in [0.15, 0.2) is 24.3 Å². The van der Waals surface area contributed by atoms with Crippen LogP contribution in [-0.4, -0.2) is 18.5 Å². The summed E-state index contributed by atoms with van der Waals surface area (Å²) in [6.45, 7) is 9.08. The molecule has 0 heterocycles. The third-order valence-electron chi connectivity index (χ3n) is 2.89. The maximum Gasteiger partial charge on any atom is 0.303 e. The largest absolute Gasteiger partial charge is 0.462 e. The number of ether oxygens (including phenoxy) is 2. The minimum atomic E-state index is -0.564. The van der Waals surface area contributed by atoms with Gasteiger partial charge in [-0.2, -0.15) is 0 Å². The highest BCUT2D eigenvalue weighted by Gasteiger charge is 2.18. The molecule has 0 bridgehead atoms. The number of carbonyl (C=O) groups excluding carboxylic acids is 2. The molecule has 0 amide bonds. The molecule has 0 saturated carbocycles. The molecule has 0 radical (unpaired) electrons. The van der Waals surface area contributed by atoms with Crippen molar-refractivity contribution in [3.63, 3.8) is 0 Å². The zero-order valence-corrected chi connectivity index (χ0v) is 12.7. The summed E-state index contributed by atoms with van der Waals surface area (Å²) >= 11 is 0. The molecule has 0 spiro atoms. The number of rotatable bonds is 4. The highest BCUT2D eigenvalue weighted by molar-refractivity contribution is 5.67. The van der Waals surface area contributed by atoms with Crippen LogP contribution in [0.2, 0.25) is 0 Å². The quantitative estimate of drug-likeness (QED) is 0.794. The van der Waals surface area contributed by atoms with E-state index in [1.807, 2.05) is 24.3 Å².